The Morgan fingerprint density at radius 2 is 2.32 bits per heavy atom. The third-order valence-corrected chi connectivity index (χ3v) is 3.83. The molecular formula is C15H13NO2S. The smallest absolute Gasteiger partial charge is 0.316 e. The molecule has 0 aliphatic carbocycles. The van der Waals surface area contributed by atoms with Crippen LogP contribution in [0.3, 0.4) is 0 Å². The van der Waals surface area contributed by atoms with Gasteiger partial charge in [0, 0.05) is 17.1 Å². The molecule has 0 fully saturated rings. The minimum atomic E-state index is -0.789. The van der Waals surface area contributed by atoms with Crippen LogP contribution in [0.5, 0.6) is 0 Å². The van der Waals surface area contributed by atoms with Gasteiger partial charge in [-0.25, -0.2) is 0 Å². The summed E-state index contributed by atoms with van der Waals surface area (Å²) in [5.41, 5.74) is 2.56. The lowest BCUT2D eigenvalue weighted by Gasteiger charge is -2.09. The van der Waals surface area contributed by atoms with Gasteiger partial charge in [-0.2, -0.15) is 0 Å². The molecule has 0 aliphatic rings. The summed E-state index contributed by atoms with van der Waals surface area (Å²) in [6.07, 6.45) is 9.30. The van der Waals surface area contributed by atoms with E-state index in [0.29, 0.717) is 6.42 Å². The van der Waals surface area contributed by atoms with E-state index < -0.39 is 11.2 Å². The molecule has 0 saturated heterocycles. The van der Waals surface area contributed by atoms with Crippen molar-refractivity contribution >= 4 is 28.6 Å². The third-order valence-electron chi connectivity index (χ3n) is 2.89. The van der Waals surface area contributed by atoms with Gasteiger partial charge in [0.05, 0.1) is 5.52 Å². The van der Waals surface area contributed by atoms with Gasteiger partial charge in [0.25, 0.3) is 0 Å². The van der Waals surface area contributed by atoms with Crippen LogP contribution >= 0.6 is 11.8 Å². The fraction of sp³-hybridized carbons (Fsp3) is 0.200. The molecule has 1 heterocycles. The fourth-order valence-electron chi connectivity index (χ4n) is 1.87. The normalized spacial score (nSPS) is 12.0. The lowest BCUT2D eigenvalue weighted by molar-refractivity contribution is -0.136. The number of benzene rings is 1. The standard InChI is InChI=1S/C15H13NO2S/c1-3-10-6-12-7-11(4-5-13(12)16-9-10)8-14(19-2)15(17)18/h1,4-7,9,14H,8H2,2H3,(H,17,18)/t14-/m1/s1. The Balaban J connectivity index is 2.35. The molecule has 0 radical (unpaired) electrons. The average molecular weight is 271 g/mol. The van der Waals surface area contributed by atoms with Gasteiger partial charge in [-0.1, -0.05) is 12.0 Å². The highest BCUT2D eigenvalue weighted by atomic mass is 32.2. The molecule has 1 N–H and O–H groups in total. The second-order valence-electron chi connectivity index (χ2n) is 4.16. The number of aliphatic carboxylic acids is 1. The molecule has 1 aromatic carbocycles. The van der Waals surface area contributed by atoms with Crippen LogP contribution in [-0.4, -0.2) is 27.6 Å². The summed E-state index contributed by atoms with van der Waals surface area (Å²) >= 11 is 1.34. The molecule has 0 amide bonds. The molecule has 3 nitrogen and oxygen atoms in total. The lowest BCUT2D eigenvalue weighted by Crippen LogP contribution is -2.18. The van der Waals surface area contributed by atoms with Crippen LogP contribution in [0.2, 0.25) is 0 Å². The first-order valence-electron chi connectivity index (χ1n) is 5.75. The maximum Gasteiger partial charge on any atom is 0.316 e. The second kappa shape index (κ2) is 5.77. The molecule has 0 bridgehead atoms. The summed E-state index contributed by atoms with van der Waals surface area (Å²) in [5.74, 6) is 1.76. The first kappa shape index (κ1) is 13.4. The first-order valence-corrected chi connectivity index (χ1v) is 7.03. The number of pyridine rings is 1. The number of hydrogen-bond acceptors (Lipinski definition) is 3. The highest BCUT2D eigenvalue weighted by molar-refractivity contribution is 7.99. The fourth-order valence-corrected chi connectivity index (χ4v) is 2.43. The highest BCUT2D eigenvalue weighted by Crippen LogP contribution is 2.19. The van der Waals surface area contributed by atoms with E-state index in [1.165, 1.54) is 11.8 Å². The summed E-state index contributed by atoms with van der Waals surface area (Å²) in [6, 6.07) is 7.65. The summed E-state index contributed by atoms with van der Waals surface area (Å²) in [4.78, 5) is 15.3. The van der Waals surface area contributed by atoms with Crippen LogP contribution in [0.15, 0.2) is 30.5 Å². The lowest BCUT2D eigenvalue weighted by atomic mass is 10.1. The van der Waals surface area contributed by atoms with Crippen molar-refractivity contribution < 1.29 is 9.90 Å². The maximum absolute atomic E-state index is 11.0. The second-order valence-corrected chi connectivity index (χ2v) is 5.20. The van der Waals surface area contributed by atoms with Crippen molar-refractivity contribution in [2.24, 2.45) is 0 Å². The number of aromatic nitrogens is 1. The largest absolute Gasteiger partial charge is 0.480 e. The van der Waals surface area contributed by atoms with Crippen LogP contribution < -0.4 is 0 Å². The predicted molar refractivity (Wildman–Crippen MR) is 78.3 cm³/mol. The van der Waals surface area contributed by atoms with E-state index in [-0.39, 0.29) is 0 Å². The zero-order valence-electron chi connectivity index (χ0n) is 10.5. The monoisotopic (exact) mass is 271 g/mol. The van der Waals surface area contributed by atoms with Gasteiger partial charge in [-0.05, 0) is 36.4 Å². The SMILES string of the molecule is C#Cc1cnc2ccc(C[C@@H](SC)C(=O)O)cc2c1. The zero-order valence-corrected chi connectivity index (χ0v) is 11.3. The molecule has 0 unspecified atom stereocenters. The van der Waals surface area contributed by atoms with Crippen LogP contribution in [0.1, 0.15) is 11.1 Å². The van der Waals surface area contributed by atoms with Gasteiger partial charge in [0.2, 0.25) is 0 Å². The van der Waals surface area contributed by atoms with E-state index in [2.05, 4.69) is 10.9 Å². The minimum Gasteiger partial charge on any atom is -0.480 e. The molecule has 2 rings (SSSR count). The molecule has 1 aromatic heterocycles. The van der Waals surface area contributed by atoms with Crippen molar-refractivity contribution in [1.29, 1.82) is 0 Å². The van der Waals surface area contributed by atoms with Crippen molar-refractivity contribution in [3.63, 3.8) is 0 Å². The molecule has 0 aliphatic heterocycles. The quantitative estimate of drug-likeness (QED) is 0.868. The number of rotatable bonds is 4. The summed E-state index contributed by atoms with van der Waals surface area (Å²) in [5, 5.41) is 9.58. The Hall–Kier alpha value is -1.99. The number of fused-ring (bicyclic) bond motifs is 1. The third kappa shape index (κ3) is 3.07. The topological polar surface area (TPSA) is 50.2 Å². The molecular weight excluding hydrogens is 258 g/mol. The van der Waals surface area contributed by atoms with Crippen LogP contribution in [0, 0.1) is 12.3 Å². The number of thioether (sulfide) groups is 1. The van der Waals surface area contributed by atoms with Gasteiger partial charge in [-0.3, -0.25) is 9.78 Å². The van der Waals surface area contributed by atoms with Crippen LogP contribution in [0.25, 0.3) is 10.9 Å². The predicted octanol–water partition coefficient (Wildman–Crippen LogP) is 2.57. The van der Waals surface area contributed by atoms with E-state index in [0.717, 1.165) is 22.0 Å². The number of carboxylic acids is 1. The minimum absolute atomic E-state index is 0.429. The highest BCUT2D eigenvalue weighted by Gasteiger charge is 2.16. The summed E-state index contributed by atoms with van der Waals surface area (Å²) < 4.78 is 0. The number of nitrogens with zero attached hydrogens (tertiary/aromatic N) is 1. The molecule has 2 aromatic rings. The van der Waals surface area contributed by atoms with Gasteiger partial charge in [-0.15, -0.1) is 18.2 Å². The molecule has 96 valence electrons. The van der Waals surface area contributed by atoms with Crippen LogP contribution in [-0.2, 0) is 11.2 Å². The van der Waals surface area contributed by atoms with E-state index in [1.54, 1.807) is 12.5 Å². The van der Waals surface area contributed by atoms with Crippen molar-refractivity contribution in [3.8, 4) is 12.3 Å². The maximum atomic E-state index is 11.0. The molecule has 0 spiro atoms. The van der Waals surface area contributed by atoms with Gasteiger partial charge in [0.15, 0.2) is 0 Å². The van der Waals surface area contributed by atoms with Crippen LogP contribution in [0.4, 0.5) is 0 Å². The zero-order chi connectivity index (χ0) is 13.8. The van der Waals surface area contributed by atoms with Crippen molar-refractivity contribution in [3.05, 3.63) is 41.6 Å². The van der Waals surface area contributed by atoms with E-state index in [4.69, 9.17) is 11.5 Å². The van der Waals surface area contributed by atoms with E-state index in [1.807, 2.05) is 24.3 Å². The van der Waals surface area contributed by atoms with Gasteiger partial charge >= 0.3 is 5.97 Å². The van der Waals surface area contributed by atoms with Gasteiger partial charge < -0.3 is 5.11 Å². The van der Waals surface area contributed by atoms with Crippen molar-refractivity contribution in [2.45, 2.75) is 11.7 Å². The Labute approximate surface area is 116 Å². The van der Waals surface area contributed by atoms with Gasteiger partial charge in [0.1, 0.15) is 5.25 Å². The Morgan fingerprint density at radius 1 is 1.53 bits per heavy atom. The summed E-state index contributed by atoms with van der Waals surface area (Å²) in [7, 11) is 0. The number of carbonyl (C=O) groups is 1. The molecule has 1 atom stereocenters. The molecule has 19 heavy (non-hydrogen) atoms. The Kier molecular flexibility index (Phi) is 4.08. The Bertz CT molecular complexity index is 661. The molecule has 4 heteroatoms. The number of carboxylic acid groups (broad SMARTS) is 1. The summed E-state index contributed by atoms with van der Waals surface area (Å²) in [6.45, 7) is 0. The van der Waals surface area contributed by atoms with E-state index >= 15 is 0 Å². The van der Waals surface area contributed by atoms with Crippen molar-refractivity contribution in [2.75, 3.05) is 6.26 Å². The molecule has 0 saturated carbocycles. The number of hydrogen-bond donors (Lipinski definition) is 1. The average Bonchev–Trinajstić information content (AvgIpc) is 2.43. The number of terminal acetylenes is 1. The van der Waals surface area contributed by atoms with Crippen molar-refractivity contribution in [1.82, 2.24) is 4.98 Å². The Morgan fingerprint density at radius 3 is 2.95 bits per heavy atom. The first-order chi connectivity index (χ1) is 9.13. The van der Waals surface area contributed by atoms with E-state index in [9.17, 15) is 4.79 Å².